The molecule has 0 spiro atoms. The van der Waals surface area contributed by atoms with Crippen LogP contribution in [0.5, 0.6) is 0 Å². The number of carbonyl (C=O) groups excluding carboxylic acids is 2. The zero-order valence-corrected chi connectivity index (χ0v) is 19.9. The molecule has 1 atom stereocenters. The highest BCUT2D eigenvalue weighted by molar-refractivity contribution is 6.06. The van der Waals surface area contributed by atoms with Gasteiger partial charge in [0.05, 0.1) is 6.54 Å². The molecule has 0 bridgehead atoms. The van der Waals surface area contributed by atoms with Crippen LogP contribution in [0.15, 0.2) is 42.5 Å². The Labute approximate surface area is 196 Å². The van der Waals surface area contributed by atoms with Crippen molar-refractivity contribution < 1.29 is 32.3 Å². The summed E-state index contributed by atoms with van der Waals surface area (Å²) >= 11 is 0. The van der Waals surface area contributed by atoms with E-state index in [9.17, 15) is 32.3 Å². The van der Waals surface area contributed by atoms with Crippen molar-refractivity contribution in [1.82, 2.24) is 0 Å². The SMILES string of the molecule is CC(=O)c1ccc(F)cc1C(C)(C)CC(O)(CN1CC(C)(C)C(=O)c2ccccc21)C(F)(F)F. The molecule has 0 radical (unpaired) electrons. The minimum absolute atomic E-state index is 0.0136. The molecule has 0 amide bonds. The number of carbonyl (C=O) groups is 2. The Bertz CT molecular complexity index is 1120. The summed E-state index contributed by atoms with van der Waals surface area (Å²) in [4.78, 5) is 26.3. The third-order valence-corrected chi connectivity index (χ3v) is 6.49. The van der Waals surface area contributed by atoms with E-state index in [1.54, 1.807) is 38.1 Å². The van der Waals surface area contributed by atoms with Gasteiger partial charge in [0.15, 0.2) is 17.2 Å². The number of fused-ring (bicyclic) bond motifs is 1. The molecule has 0 saturated carbocycles. The first-order valence-corrected chi connectivity index (χ1v) is 11.0. The Hall–Kier alpha value is -2.74. The van der Waals surface area contributed by atoms with E-state index in [0.29, 0.717) is 11.3 Å². The van der Waals surface area contributed by atoms with Gasteiger partial charge in [-0.1, -0.05) is 39.8 Å². The van der Waals surface area contributed by atoms with Crippen molar-refractivity contribution in [3.05, 3.63) is 65.0 Å². The number of ketones is 2. The van der Waals surface area contributed by atoms with E-state index >= 15 is 0 Å². The third kappa shape index (κ3) is 4.73. The van der Waals surface area contributed by atoms with Crippen LogP contribution in [-0.2, 0) is 5.41 Å². The zero-order chi connectivity index (χ0) is 25.7. The van der Waals surface area contributed by atoms with Gasteiger partial charge in [0, 0.05) is 28.8 Å². The van der Waals surface area contributed by atoms with E-state index in [4.69, 9.17) is 0 Å². The minimum atomic E-state index is -5.03. The summed E-state index contributed by atoms with van der Waals surface area (Å²) in [6.07, 6.45) is -5.85. The smallest absolute Gasteiger partial charge is 0.379 e. The number of halogens is 4. The molecule has 34 heavy (non-hydrogen) atoms. The lowest BCUT2D eigenvalue weighted by Gasteiger charge is -2.45. The highest BCUT2D eigenvalue weighted by Crippen LogP contribution is 2.45. The summed E-state index contributed by atoms with van der Waals surface area (Å²) in [5.41, 5.74) is -4.76. The maximum Gasteiger partial charge on any atom is 0.418 e. The van der Waals surface area contributed by atoms with Crippen LogP contribution in [-0.4, -0.2) is 41.5 Å². The van der Waals surface area contributed by atoms with Crippen molar-refractivity contribution in [3.63, 3.8) is 0 Å². The summed E-state index contributed by atoms with van der Waals surface area (Å²) in [5, 5.41) is 11.1. The molecular weight excluding hydrogens is 450 g/mol. The number of rotatable bonds is 6. The highest BCUT2D eigenvalue weighted by atomic mass is 19.4. The van der Waals surface area contributed by atoms with E-state index in [1.165, 1.54) is 31.7 Å². The Morgan fingerprint density at radius 3 is 2.32 bits per heavy atom. The van der Waals surface area contributed by atoms with Gasteiger partial charge in [-0.05, 0) is 54.7 Å². The number of para-hydroxylation sites is 1. The normalized spacial score (nSPS) is 17.8. The van der Waals surface area contributed by atoms with Gasteiger partial charge in [0.1, 0.15) is 5.82 Å². The van der Waals surface area contributed by atoms with Crippen LogP contribution in [0.25, 0.3) is 0 Å². The van der Waals surface area contributed by atoms with Gasteiger partial charge in [-0.3, -0.25) is 9.59 Å². The first kappa shape index (κ1) is 25.9. The largest absolute Gasteiger partial charge is 0.418 e. The monoisotopic (exact) mass is 479 g/mol. The van der Waals surface area contributed by atoms with Crippen LogP contribution in [0.1, 0.15) is 67.3 Å². The van der Waals surface area contributed by atoms with Gasteiger partial charge in [-0.15, -0.1) is 0 Å². The van der Waals surface area contributed by atoms with E-state index < -0.39 is 47.2 Å². The summed E-state index contributed by atoms with van der Waals surface area (Å²) in [5.74, 6) is -1.28. The molecule has 3 rings (SSSR count). The second-order valence-corrected chi connectivity index (χ2v) is 10.4. The maximum absolute atomic E-state index is 14.4. The van der Waals surface area contributed by atoms with Gasteiger partial charge in [-0.25, -0.2) is 4.39 Å². The number of Topliss-reactive ketones (excluding diaryl/α,β-unsaturated/α-hetero) is 2. The van der Waals surface area contributed by atoms with Gasteiger partial charge in [0.25, 0.3) is 0 Å². The van der Waals surface area contributed by atoms with Crippen molar-refractivity contribution >= 4 is 17.3 Å². The predicted octanol–water partition coefficient (Wildman–Crippen LogP) is 5.72. The molecule has 0 saturated heterocycles. The van der Waals surface area contributed by atoms with Crippen LogP contribution in [0.4, 0.5) is 23.2 Å². The lowest BCUT2D eigenvalue weighted by molar-refractivity contribution is -0.262. The molecule has 2 aromatic carbocycles. The fourth-order valence-electron chi connectivity index (χ4n) is 4.85. The molecule has 0 aromatic heterocycles. The Morgan fingerprint density at radius 1 is 1.12 bits per heavy atom. The fraction of sp³-hybridized carbons (Fsp3) is 0.462. The molecule has 1 aliphatic heterocycles. The Morgan fingerprint density at radius 2 is 1.74 bits per heavy atom. The number of hydrogen-bond acceptors (Lipinski definition) is 4. The fourth-order valence-corrected chi connectivity index (χ4v) is 4.85. The summed E-state index contributed by atoms with van der Waals surface area (Å²) in [6.45, 7) is 6.62. The Kier molecular flexibility index (Phi) is 6.46. The molecular formula is C26H29F4NO3. The Balaban J connectivity index is 2.06. The standard InChI is InChI=1S/C26H29F4NO3/c1-16(32)18-11-10-17(27)12-20(18)23(2,3)13-25(34,26(28,29)30)15-31-14-24(4,5)22(33)19-8-6-7-9-21(19)31/h6-12,34H,13-15H2,1-5H3. The van der Waals surface area contributed by atoms with E-state index in [-0.39, 0.29) is 23.5 Å². The third-order valence-electron chi connectivity index (χ3n) is 6.49. The molecule has 0 aliphatic carbocycles. The van der Waals surface area contributed by atoms with Crippen LogP contribution in [0.2, 0.25) is 0 Å². The molecule has 1 unspecified atom stereocenters. The van der Waals surface area contributed by atoms with Gasteiger partial charge in [-0.2, -0.15) is 13.2 Å². The summed E-state index contributed by atoms with van der Waals surface area (Å²) in [6, 6.07) is 9.76. The lowest BCUT2D eigenvalue weighted by atomic mass is 9.72. The molecule has 4 nitrogen and oxygen atoms in total. The van der Waals surface area contributed by atoms with E-state index in [2.05, 4.69) is 0 Å². The number of benzene rings is 2. The van der Waals surface area contributed by atoms with Crippen LogP contribution in [0, 0.1) is 11.2 Å². The van der Waals surface area contributed by atoms with Crippen molar-refractivity contribution in [1.29, 1.82) is 0 Å². The molecule has 1 N–H and O–H groups in total. The van der Waals surface area contributed by atoms with Crippen LogP contribution in [0.3, 0.4) is 0 Å². The summed E-state index contributed by atoms with van der Waals surface area (Å²) < 4.78 is 57.2. The first-order valence-electron chi connectivity index (χ1n) is 11.0. The van der Waals surface area contributed by atoms with Gasteiger partial charge < -0.3 is 10.0 Å². The lowest BCUT2D eigenvalue weighted by Crippen LogP contribution is -2.59. The van der Waals surface area contributed by atoms with E-state index in [0.717, 1.165) is 12.1 Å². The average molecular weight is 480 g/mol. The minimum Gasteiger partial charge on any atom is -0.379 e. The quantitative estimate of drug-likeness (QED) is 0.425. The predicted molar refractivity (Wildman–Crippen MR) is 122 cm³/mol. The van der Waals surface area contributed by atoms with Crippen LogP contribution < -0.4 is 4.90 Å². The first-order chi connectivity index (χ1) is 15.5. The molecule has 1 heterocycles. The van der Waals surface area contributed by atoms with Gasteiger partial charge >= 0.3 is 6.18 Å². The number of hydrogen-bond donors (Lipinski definition) is 1. The molecule has 8 heteroatoms. The van der Waals surface area contributed by atoms with Crippen LogP contribution >= 0.6 is 0 Å². The van der Waals surface area contributed by atoms with E-state index in [1.807, 2.05) is 0 Å². The molecule has 1 aliphatic rings. The summed E-state index contributed by atoms with van der Waals surface area (Å²) in [7, 11) is 0. The topological polar surface area (TPSA) is 57.6 Å². The molecule has 0 fully saturated rings. The number of nitrogens with zero attached hydrogens (tertiary/aromatic N) is 1. The van der Waals surface area contributed by atoms with Crippen molar-refractivity contribution in [3.8, 4) is 0 Å². The number of anilines is 1. The highest BCUT2D eigenvalue weighted by Gasteiger charge is 2.57. The van der Waals surface area contributed by atoms with Crippen molar-refractivity contribution in [2.75, 3.05) is 18.0 Å². The molecule has 184 valence electrons. The van der Waals surface area contributed by atoms with Gasteiger partial charge in [0.2, 0.25) is 0 Å². The number of β-amino-alcohol motifs (C(OH)–C–C–N with tert-alkyl or cyclic N) is 1. The number of aliphatic hydroxyl groups is 1. The maximum atomic E-state index is 14.4. The molecule has 2 aromatic rings. The number of alkyl halides is 3. The average Bonchev–Trinajstić information content (AvgIpc) is 2.70. The second-order valence-electron chi connectivity index (χ2n) is 10.4. The van der Waals surface area contributed by atoms with Crippen molar-refractivity contribution in [2.24, 2.45) is 5.41 Å². The van der Waals surface area contributed by atoms with Crippen molar-refractivity contribution in [2.45, 2.75) is 58.2 Å². The second kappa shape index (κ2) is 8.48. The zero-order valence-electron chi connectivity index (χ0n) is 19.9.